The van der Waals surface area contributed by atoms with Crippen molar-refractivity contribution in [3.63, 3.8) is 0 Å². The second-order valence-corrected chi connectivity index (χ2v) is 6.88. The number of carbonyl (C=O) groups is 2. The van der Waals surface area contributed by atoms with Crippen LogP contribution < -0.4 is 0 Å². The van der Waals surface area contributed by atoms with Crippen LogP contribution in [-0.2, 0) is 19.1 Å². The van der Waals surface area contributed by atoms with E-state index in [2.05, 4.69) is 0 Å². The highest BCUT2D eigenvalue weighted by Gasteiger charge is 2.48. The number of piperidine rings is 1. The number of rotatable bonds is 4. The Balaban J connectivity index is 1.42. The largest absolute Gasteiger partial charge is 0.375 e. The first kappa shape index (κ1) is 15.7. The number of methoxy groups -OCH3 is 1. The van der Waals surface area contributed by atoms with Crippen LogP contribution in [0.4, 0.5) is 0 Å². The van der Waals surface area contributed by atoms with Crippen LogP contribution in [0.1, 0.15) is 32.1 Å². The SMILES string of the molecule is COCC(=O)N1CC2(CC[C@H](CN3CCCCC3=O)CO2)C1. The maximum Gasteiger partial charge on any atom is 0.248 e. The van der Waals surface area contributed by atoms with E-state index in [4.69, 9.17) is 9.47 Å². The van der Waals surface area contributed by atoms with E-state index in [1.54, 1.807) is 4.90 Å². The summed E-state index contributed by atoms with van der Waals surface area (Å²) >= 11 is 0. The molecule has 2 amide bonds. The van der Waals surface area contributed by atoms with Crippen molar-refractivity contribution < 1.29 is 19.1 Å². The van der Waals surface area contributed by atoms with Gasteiger partial charge in [-0.15, -0.1) is 0 Å². The van der Waals surface area contributed by atoms with Gasteiger partial charge in [0.05, 0.1) is 19.7 Å². The average Bonchev–Trinajstić information content (AvgIpc) is 2.48. The first-order chi connectivity index (χ1) is 10.6. The molecule has 3 aliphatic rings. The standard InChI is InChI=1S/C16H26N2O4/c1-21-10-15(20)18-11-16(12-18)6-5-13(9-22-16)8-17-7-3-2-4-14(17)19/h13H,2-12H2,1H3/t13-/m1/s1. The van der Waals surface area contributed by atoms with Crippen LogP contribution in [0.15, 0.2) is 0 Å². The first-order valence-corrected chi connectivity index (χ1v) is 8.30. The molecular weight excluding hydrogens is 284 g/mol. The minimum atomic E-state index is -0.133. The van der Waals surface area contributed by atoms with Crippen molar-refractivity contribution in [1.82, 2.24) is 9.80 Å². The lowest BCUT2D eigenvalue weighted by Gasteiger charge is -2.53. The topological polar surface area (TPSA) is 59.1 Å². The summed E-state index contributed by atoms with van der Waals surface area (Å²) < 4.78 is 11.0. The fourth-order valence-corrected chi connectivity index (χ4v) is 3.72. The van der Waals surface area contributed by atoms with Crippen molar-refractivity contribution in [1.29, 1.82) is 0 Å². The van der Waals surface area contributed by atoms with Crippen LogP contribution in [0.25, 0.3) is 0 Å². The van der Waals surface area contributed by atoms with Gasteiger partial charge in [0.1, 0.15) is 12.2 Å². The summed E-state index contributed by atoms with van der Waals surface area (Å²) in [7, 11) is 1.54. The number of likely N-dealkylation sites (tertiary alicyclic amines) is 2. The highest BCUT2D eigenvalue weighted by atomic mass is 16.5. The fourth-order valence-electron chi connectivity index (χ4n) is 3.72. The molecule has 0 unspecified atom stereocenters. The number of hydrogen-bond donors (Lipinski definition) is 0. The van der Waals surface area contributed by atoms with Gasteiger partial charge in [0.2, 0.25) is 11.8 Å². The quantitative estimate of drug-likeness (QED) is 0.765. The third-order valence-electron chi connectivity index (χ3n) is 5.11. The van der Waals surface area contributed by atoms with Gasteiger partial charge in [0, 0.05) is 32.5 Å². The molecule has 0 saturated carbocycles. The third-order valence-corrected chi connectivity index (χ3v) is 5.11. The monoisotopic (exact) mass is 310 g/mol. The van der Waals surface area contributed by atoms with Crippen LogP contribution >= 0.6 is 0 Å². The number of carbonyl (C=O) groups excluding carboxylic acids is 2. The van der Waals surface area contributed by atoms with Crippen molar-refractivity contribution in [2.24, 2.45) is 5.92 Å². The van der Waals surface area contributed by atoms with Crippen LogP contribution in [0.3, 0.4) is 0 Å². The molecule has 3 aliphatic heterocycles. The number of hydrogen-bond acceptors (Lipinski definition) is 4. The Labute approximate surface area is 131 Å². The van der Waals surface area contributed by atoms with E-state index in [1.165, 1.54) is 7.11 Å². The third kappa shape index (κ3) is 3.27. The summed E-state index contributed by atoms with van der Waals surface area (Å²) in [6.45, 7) is 3.96. The molecule has 0 N–H and O–H groups in total. The molecular formula is C16H26N2O4. The zero-order valence-corrected chi connectivity index (χ0v) is 13.4. The second-order valence-electron chi connectivity index (χ2n) is 6.88. The molecule has 0 aromatic rings. The molecule has 3 saturated heterocycles. The van der Waals surface area contributed by atoms with Crippen LogP contribution in [-0.4, -0.2) is 73.7 Å². The van der Waals surface area contributed by atoms with Crippen molar-refractivity contribution in [3.05, 3.63) is 0 Å². The Bertz CT molecular complexity index is 424. The van der Waals surface area contributed by atoms with E-state index in [-0.39, 0.29) is 18.1 Å². The van der Waals surface area contributed by atoms with Crippen LogP contribution in [0.2, 0.25) is 0 Å². The van der Waals surface area contributed by atoms with Crippen molar-refractivity contribution in [3.8, 4) is 0 Å². The maximum atomic E-state index is 11.9. The molecule has 22 heavy (non-hydrogen) atoms. The molecule has 0 radical (unpaired) electrons. The van der Waals surface area contributed by atoms with Gasteiger partial charge in [-0.1, -0.05) is 0 Å². The normalized spacial score (nSPS) is 27.9. The highest BCUT2D eigenvalue weighted by Crippen LogP contribution is 2.36. The number of nitrogens with zero attached hydrogens (tertiary/aromatic N) is 2. The maximum absolute atomic E-state index is 11.9. The molecule has 6 heteroatoms. The van der Waals surface area contributed by atoms with E-state index in [1.807, 2.05) is 4.90 Å². The smallest absolute Gasteiger partial charge is 0.248 e. The van der Waals surface area contributed by atoms with Gasteiger partial charge in [0.25, 0.3) is 0 Å². The first-order valence-electron chi connectivity index (χ1n) is 8.30. The summed E-state index contributed by atoms with van der Waals surface area (Å²) in [4.78, 5) is 27.4. The molecule has 3 rings (SSSR count). The van der Waals surface area contributed by atoms with Crippen molar-refractivity contribution >= 4 is 11.8 Å². The van der Waals surface area contributed by atoms with E-state index in [0.29, 0.717) is 37.9 Å². The molecule has 124 valence electrons. The molecule has 1 spiro atoms. The predicted molar refractivity (Wildman–Crippen MR) is 80.3 cm³/mol. The summed E-state index contributed by atoms with van der Waals surface area (Å²) in [5.41, 5.74) is -0.133. The summed E-state index contributed by atoms with van der Waals surface area (Å²) in [5.74, 6) is 0.778. The Morgan fingerprint density at radius 1 is 1.41 bits per heavy atom. The molecule has 0 aromatic heterocycles. The molecule has 1 atom stereocenters. The van der Waals surface area contributed by atoms with E-state index in [0.717, 1.165) is 38.8 Å². The van der Waals surface area contributed by atoms with E-state index in [9.17, 15) is 9.59 Å². The average molecular weight is 310 g/mol. The molecule has 3 fully saturated rings. The van der Waals surface area contributed by atoms with Gasteiger partial charge in [-0.05, 0) is 25.7 Å². The summed E-state index contributed by atoms with van der Waals surface area (Å²) in [6, 6.07) is 0. The van der Waals surface area contributed by atoms with E-state index >= 15 is 0 Å². The van der Waals surface area contributed by atoms with Gasteiger partial charge in [-0.2, -0.15) is 0 Å². The Morgan fingerprint density at radius 3 is 2.86 bits per heavy atom. The Hall–Kier alpha value is -1.14. The second kappa shape index (κ2) is 6.54. The zero-order chi connectivity index (χ0) is 15.6. The predicted octanol–water partition coefficient (Wildman–Crippen LogP) is 0.653. The van der Waals surface area contributed by atoms with Gasteiger partial charge in [-0.3, -0.25) is 9.59 Å². The summed E-state index contributed by atoms with van der Waals surface area (Å²) in [5, 5.41) is 0. The lowest BCUT2D eigenvalue weighted by molar-refractivity contribution is -0.192. The number of ether oxygens (including phenoxy) is 2. The van der Waals surface area contributed by atoms with Gasteiger partial charge in [0.15, 0.2) is 0 Å². The fraction of sp³-hybridized carbons (Fsp3) is 0.875. The Kier molecular flexibility index (Phi) is 4.68. The van der Waals surface area contributed by atoms with Crippen LogP contribution in [0, 0.1) is 5.92 Å². The number of amides is 2. The molecule has 6 nitrogen and oxygen atoms in total. The van der Waals surface area contributed by atoms with Gasteiger partial charge >= 0.3 is 0 Å². The summed E-state index contributed by atoms with van der Waals surface area (Å²) in [6.07, 6.45) is 4.92. The molecule has 0 aromatic carbocycles. The van der Waals surface area contributed by atoms with Crippen molar-refractivity contribution in [2.45, 2.75) is 37.7 Å². The lowest BCUT2D eigenvalue weighted by Crippen LogP contribution is -2.67. The van der Waals surface area contributed by atoms with Crippen LogP contribution in [0.5, 0.6) is 0 Å². The van der Waals surface area contributed by atoms with Crippen molar-refractivity contribution in [2.75, 3.05) is 46.5 Å². The molecule has 0 bridgehead atoms. The minimum Gasteiger partial charge on any atom is -0.375 e. The zero-order valence-electron chi connectivity index (χ0n) is 13.4. The molecule has 0 aliphatic carbocycles. The highest BCUT2D eigenvalue weighted by molar-refractivity contribution is 5.78. The minimum absolute atomic E-state index is 0.0396. The Morgan fingerprint density at radius 2 is 2.23 bits per heavy atom. The van der Waals surface area contributed by atoms with Gasteiger partial charge in [-0.25, -0.2) is 0 Å². The lowest BCUT2D eigenvalue weighted by atomic mass is 9.82. The van der Waals surface area contributed by atoms with Gasteiger partial charge < -0.3 is 19.3 Å². The molecule has 3 heterocycles. The van der Waals surface area contributed by atoms with E-state index < -0.39 is 0 Å².